The standard InChI is InChI=1S/C10H18N4/c1-7(2)14-5-4-9-8(6-14)10(11)12-13(9)3/h7H,4-6H2,1-3H3,(H2,11,12). The van der Waals surface area contributed by atoms with Gasteiger partial charge in [0.05, 0.1) is 0 Å². The van der Waals surface area contributed by atoms with E-state index in [0.717, 1.165) is 19.5 Å². The number of nitrogen functional groups attached to an aromatic ring is 1. The van der Waals surface area contributed by atoms with Crippen molar-refractivity contribution in [3.05, 3.63) is 11.3 Å². The minimum atomic E-state index is 0.586. The average molecular weight is 194 g/mol. The van der Waals surface area contributed by atoms with Gasteiger partial charge in [-0.2, -0.15) is 5.10 Å². The Bertz CT molecular complexity index is 340. The molecule has 2 N–H and O–H groups in total. The van der Waals surface area contributed by atoms with Crippen LogP contribution in [0.4, 0.5) is 5.82 Å². The second-order valence-electron chi connectivity index (χ2n) is 4.25. The lowest BCUT2D eigenvalue weighted by atomic mass is 10.1. The zero-order valence-corrected chi connectivity index (χ0v) is 9.12. The highest BCUT2D eigenvalue weighted by Gasteiger charge is 2.23. The first kappa shape index (κ1) is 9.52. The van der Waals surface area contributed by atoms with Gasteiger partial charge in [0.1, 0.15) is 5.82 Å². The fourth-order valence-electron chi connectivity index (χ4n) is 2.08. The fourth-order valence-corrected chi connectivity index (χ4v) is 2.08. The SMILES string of the molecule is CC(C)N1CCc2c(c(N)nn2C)C1. The van der Waals surface area contributed by atoms with Gasteiger partial charge in [0.15, 0.2) is 0 Å². The van der Waals surface area contributed by atoms with E-state index in [2.05, 4.69) is 23.8 Å². The molecule has 78 valence electrons. The molecule has 0 radical (unpaired) electrons. The van der Waals surface area contributed by atoms with Crippen LogP contribution < -0.4 is 5.73 Å². The van der Waals surface area contributed by atoms with Crippen LogP contribution in [0.5, 0.6) is 0 Å². The molecule has 0 atom stereocenters. The topological polar surface area (TPSA) is 47.1 Å². The summed E-state index contributed by atoms with van der Waals surface area (Å²) in [5, 5.41) is 4.25. The van der Waals surface area contributed by atoms with E-state index in [1.54, 1.807) is 0 Å². The second kappa shape index (κ2) is 3.28. The highest BCUT2D eigenvalue weighted by atomic mass is 15.3. The van der Waals surface area contributed by atoms with Gasteiger partial charge in [0.25, 0.3) is 0 Å². The van der Waals surface area contributed by atoms with Crippen molar-refractivity contribution in [3.63, 3.8) is 0 Å². The van der Waals surface area contributed by atoms with E-state index in [9.17, 15) is 0 Å². The number of aryl methyl sites for hydroxylation is 1. The maximum atomic E-state index is 5.87. The molecule has 0 saturated heterocycles. The number of anilines is 1. The van der Waals surface area contributed by atoms with Crippen LogP contribution in [0.25, 0.3) is 0 Å². The zero-order chi connectivity index (χ0) is 10.3. The number of hydrogen-bond acceptors (Lipinski definition) is 3. The minimum absolute atomic E-state index is 0.586. The van der Waals surface area contributed by atoms with Gasteiger partial charge >= 0.3 is 0 Å². The number of hydrogen-bond donors (Lipinski definition) is 1. The predicted molar refractivity (Wildman–Crippen MR) is 56.9 cm³/mol. The van der Waals surface area contributed by atoms with Gasteiger partial charge in [0.2, 0.25) is 0 Å². The summed E-state index contributed by atoms with van der Waals surface area (Å²) in [6, 6.07) is 0.586. The normalized spacial score (nSPS) is 17.4. The van der Waals surface area contributed by atoms with Crippen molar-refractivity contribution < 1.29 is 0 Å². The molecule has 2 rings (SSSR count). The molecule has 4 heteroatoms. The first-order valence-corrected chi connectivity index (χ1v) is 5.14. The number of fused-ring (bicyclic) bond motifs is 1. The van der Waals surface area contributed by atoms with Crippen molar-refractivity contribution in [1.29, 1.82) is 0 Å². The zero-order valence-electron chi connectivity index (χ0n) is 9.12. The molecule has 1 aliphatic rings. The van der Waals surface area contributed by atoms with Crippen molar-refractivity contribution in [2.24, 2.45) is 7.05 Å². The molecule has 1 aliphatic heterocycles. The predicted octanol–water partition coefficient (Wildman–Crippen LogP) is 0.769. The highest BCUT2D eigenvalue weighted by Crippen LogP contribution is 2.24. The molecule has 1 aromatic heterocycles. The highest BCUT2D eigenvalue weighted by molar-refractivity contribution is 5.43. The number of nitrogens with two attached hydrogens (primary N) is 1. The average Bonchev–Trinajstić information content (AvgIpc) is 2.42. The lowest BCUT2D eigenvalue weighted by Crippen LogP contribution is -2.36. The van der Waals surface area contributed by atoms with Crippen LogP contribution in [0, 0.1) is 0 Å². The molecule has 0 aliphatic carbocycles. The monoisotopic (exact) mass is 194 g/mol. The summed E-state index contributed by atoms with van der Waals surface area (Å²) in [6.45, 7) is 6.51. The molecule has 0 spiro atoms. The molecule has 0 saturated carbocycles. The first-order valence-electron chi connectivity index (χ1n) is 5.14. The van der Waals surface area contributed by atoms with Crippen LogP contribution >= 0.6 is 0 Å². The molecule has 0 aromatic carbocycles. The third-order valence-corrected chi connectivity index (χ3v) is 3.03. The van der Waals surface area contributed by atoms with Crippen LogP contribution in [0.3, 0.4) is 0 Å². The Balaban J connectivity index is 2.30. The van der Waals surface area contributed by atoms with Crippen LogP contribution in [-0.2, 0) is 20.0 Å². The van der Waals surface area contributed by atoms with Crippen molar-refractivity contribution in [1.82, 2.24) is 14.7 Å². The van der Waals surface area contributed by atoms with Gasteiger partial charge in [-0.25, -0.2) is 0 Å². The summed E-state index contributed by atoms with van der Waals surface area (Å²) in [5.74, 6) is 0.702. The Morgan fingerprint density at radius 2 is 2.14 bits per heavy atom. The Hall–Kier alpha value is -1.03. The Morgan fingerprint density at radius 1 is 1.43 bits per heavy atom. The lowest BCUT2D eigenvalue weighted by Gasteiger charge is -2.30. The van der Waals surface area contributed by atoms with Crippen LogP contribution in [0.15, 0.2) is 0 Å². The lowest BCUT2D eigenvalue weighted by molar-refractivity contribution is 0.202. The number of aromatic nitrogens is 2. The molecule has 0 unspecified atom stereocenters. The maximum absolute atomic E-state index is 5.87. The number of rotatable bonds is 1. The van der Waals surface area contributed by atoms with E-state index in [0.29, 0.717) is 11.9 Å². The third kappa shape index (κ3) is 1.39. The van der Waals surface area contributed by atoms with E-state index in [4.69, 9.17) is 5.73 Å². The molecule has 0 amide bonds. The smallest absolute Gasteiger partial charge is 0.150 e. The third-order valence-electron chi connectivity index (χ3n) is 3.03. The Kier molecular flexibility index (Phi) is 2.23. The molecule has 2 heterocycles. The molecular formula is C10H18N4. The summed E-state index contributed by atoms with van der Waals surface area (Å²) in [5.41, 5.74) is 8.40. The molecular weight excluding hydrogens is 176 g/mol. The number of nitrogens with zero attached hydrogens (tertiary/aromatic N) is 3. The summed E-state index contributed by atoms with van der Waals surface area (Å²) in [6.07, 6.45) is 1.06. The van der Waals surface area contributed by atoms with Crippen LogP contribution in [-0.4, -0.2) is 27.3 Å². The quantitative estimate of drug-likeness (QED) is 0.718. The molecule has 0 fully saturated rings. The van der Waals surface area contributed by atoms with E-state index in [1.165, 1.54) is 11.3 Å². The second-order valence-corrected chi connectivity index (χ2v) is 4.25. The van der Waals surface area contributed by atoms with Gasteiger partial charge in [-0.1, -0.05) is 0 Å². The summed E-state index contributed by atoms with van der Waals surface area (Å²) in [7, 11) is 1.97. The largest absolute Gasteiger partial charge is 0.382 e. The Morgan fingerprint density at radius 3 is 2.79 bits per heavy atom. The summed E-state index contributed by atoms with van der Waals surface area (Å²) >= 11 is 0. The summed E-state index contributed by atoms with van der Waals surface area (Å²) in [4.78, 5) is 2.43. The molecule has 14 heavy (non-hydrogen) atoms. The minimum Gasteiger partial charge on any atom is -0.382 e. The molecule has 0 bridgehead atoms. The van der Waals surface area contributed by atoms with Gasteiger partial charge < -0.3 is 5.73 Å². The maximum Gasteiger partial charge on any atom is 0.150 e. The van der Waals surface area contributed by atoms with Crippen molar-refractivity contribution >= 4 is 5.82 Å². The van der Waals surface area contributed by atoms with Gasteiger partial charge in [-0.05, 0) is 13.8 Å². The fraction of sp³-hybridized carbons (Fsp3) is 0.700. The molecule has 1 aromatic rings. The van der Waals surface area contributed by atoms with E-state index < -0.39 is 0 Å². The summed E-state index contributed by atoms with van der Waals surface area (Å²) < 4.78 is 1.92. The van der Waals surface area contributed by atoms with Gasteiger partial charge in [-0.3, -0.25) is 9.58 Å². The van der Waals surface area contributed by atoms with E-state index >= 15 is 0 Å². The van der Waals surface area contributed by atoms with Crippen LogP contribution in [0.1, 0.15) is 25.1 Å². The molecule has 4 nitrogen and oxygen atoms in total. The van der Waals surface area contributed by atoms with Gasteiger partial charge in [-0.15, -0.1) is 0 Å². The van der Waals surface area contributed by atoms with Gasteiger partial charge in [0, 0.05) is 43.9 Å². The van der Waals surface area contributed by atoms with Crippen molar-refractivity contribution in [2.45, 2.75) is 32.9 Å². The van der Waals surface area contributed by atoms with E-state index in [-0.39, 0.29) is 0 Å². The van der Waals surface area contributed by atoms with Crippen LogP contribution in [0.2, 0.25) is 0 Å². The van der Waals surface area contributed by atoms with Crippen molar-refractivity contribution in [2.75, 3.05) is 12.3 Å². The first-order chi connectivity index (χ1) is 6.59. The van der Waals surface area contributed by atoms with E-state index in [1.807, 2.05) is 11.7 Å². The van der Waals surface area contributed by atoms with Crippen molar-refractivity contribution in [3.8, 4) is 0 Å². The Labute approximate surface area is 84.7 Å².